The molecule has 9 heteroatoms. The van der Waals surface area contributed by atoms with Gasteiger partial charge in [-0.15, -0.1) is 0 Å². The molecule has 0 spiro atoms. The number of rotatable bonds is 6. The van der Waals surface area contributed by atoms with Crippen LogP contribution in [-0.4, -0.2) is 22.8 Å². The minimum absolute atomic E-state index is 0.00989. The zero-order chi connectivity index (χ0) is 21.9. The summed E-state index contributed by atoms with van der Waals surface area (Å²) >= 11 is 5.80. The van der Waals surface area contributed by atoms with Crippen molar-refractivity contribution in [3.63, 3.8) is 0 Å². The van der Waals surface area contributed by atoms with E-state index in [9.17, 15) is 22.4 Å². The third-order valence-corrected chi connectivity index (χ3v) is 4.55. The Kier molecular flexibility index (Phi) is 6.36. The van der Waals surface area contributed by atoms with Gasteiger partial charge < -0.3 is 4.90 Å². The molecule has 0 N–H and O–H groups in total. The van der Waals surface area contributed by atoms with Gasteiger partial charge in [0.2, 0.25) is 5.28 Å². The van der Waals surface area contributed by atoms with E-state index >= 15 is 0 Å². The van der Waals surface area contributed by atoms with Crippen molar-refractivity contribution in [2.75, 3.05) is 11.9 Å². The van der Waals surface area contributed by atoms with Crippen LogP contribution in [0.15, 0.2) is 54.7 Å². The summed E-state index contributed by atoms with van der Waals surface area (Å²) in [6, 6.07) is 10.9. The Morgan fingerprint density at radius 3 is 2.33 bits per heavy atom. The third-order valence-electron chi connectivity index (χ3n) is 4.37. The van der Waals surface area contributed by atoms with Crippen LogP contribution in [0.5, 0.6) is 0 Å². The lowest BCUT2D eigenvalue weighted by Crippen LogP contribution is -2.12. The number of Topliss-reactive ketones (excluding diaryl/α,β-unsaturated/α-hetero) is 1. The fourth-order valence-corrected chi connectivity index (χ4v) is 3.06. The number of carbonyl (C=O) groups excluding carboxylic acids is 1. The van der Waals surface area contributed by atoms with E-state index in [1.54, 1.807) is 42.3 Å². The molecule has 0 aliphatic carbocycles. The van der Waals surface area contributed by atoms with Crippen molar-refractivity contribution >= 4 is 28.9 Å². The molecule has 2 aromatic carbocycles. The molecule has 0 aliphatic rings. The molecule has 4 nitrogen and oxygen atoms in total. The van der Waals surface area contributed by atoms with Crippen molar-refractivity contribution in [1.29, 1.82) is 0 Å². The number of alkyl halides is 3. The minimum Gasteiger partial charge on any atom is -0.329 e. The summed E-state index contributed by atoms with van der Waals surface area (Å²) in [5.74, 6) is -0.757. The minimum atomic E-state index is -4.67. The van der Waals surface area contributed by atoms with Gasteiger partial charge in [-0.05, 0) is 59.1 Å². The molecule has 0 bridgehead atoms. The van der Waals surface area contributed by atoms with Gasteiger partial charge in [0, 0.05) is 31.8 Å². The molecule has 0 radical (unpaired) electrons. The SMILES string of the molecule is CN(c1ccc(CC(=O)Cc2cc(F)cc(C(F)(F)F)c2)cc1)c1ccnc(Cl)n1. The first-order valence-corrected chi connectivity index (χ1v) is 9.19. The summed E-state index contributed by atoms with van der Waals surface area (Å²) in [5, 5.41) is 0.118. The Morgan fingerprint density at radius 1 is 1.03 bits per heavy atom. The fourth-order valence-electron chi connectivity index (χ4n) is 2.92. The second kappa shape index (κ2) is 8.79. The number of anilines is 2. The molecule has 1 heterocycles. The maximum absolute atomic E-state index is 13.5. The second-order valence-electron chi connectivity index (χ2n) is 6.65. The van der Waals surface area contributed by atoms with Gasteiger partial charge in [0.25, 0.3) is 0 Å². The van der Waals surface area contributed by atoms with Crippen LogP contribution in [0, 0.1) is 5.82 Å². The van der Waals surface area contributed by atoms with Crippen molar-refractivity contribution in [3.8, 4) is 0 Å². The standard InChI is InChI=1S/C21H16ClF4N3O/c1-29(19-6-7-27-20(22)28-19)17-4-2-13(3-5-17)10-18(30)11-14-8-15(21(24,25)26)12-16(23)9-14/h2-9,12H,10-11H2,1H3. The molecular formula is C21H16ClF4N3O. The monoisotopic (exact) mass is 437 g/mol. The van der Waals surface area contributed by atoms with Gasteiger partial charge in [0.1, 0.15) is 17.4 Å². The van der Waals surface area contributed by atoms with E-state index in [0.29, 0.717) is 17.4 Å². The predicted molar refractivity (Wildman–Crippen MR) is 105 cm³/mol. The summed E-state index contributed by atoms with van der Waals surface area (Å²) in [7, 11) is 1.79. The Labute approximate surface area is 175 Å². The highest BCUT2D eigenvalue weighted by atomic mass is 35.5. The predicted octanol–water partition coefficient (Wildman–Crippen LogP) is 5.41. The van der Waals surface area contributed by atoms with Crippen LogP contribution in [0.3, 0.4) is 0 Å². The molecule has 0 saturated heterocycles. The topological polar surface area (TPSA) is 46.1 Å². The van der Waals surface area contributed by atoms with E-state index < -0.39 is 17.6 Å². The van der Waals surface area contributed by atoms with Crippen LogP contribution >= 0.6 is 11.6 Å². The van der Waals surface area contributed by atoms with Gasteiger partial charge in [-0.3, -0.25) is 4.79 Å². The highest BCUT2D eigenvalue weighted by Crippen LogP contribution is 2.30. The molecular weight excluding hydrogens is 422 g/mol. The normalized spacial score (nSPS) is 11.4. The number of hydrogen-bond donors (Lipinski definition) is 0. The second-order valence-corrected chi connectivity index (χ2v) is 6.99. The average molecular weight is 438 g/mol. The smallest absolute Gasteiger partial charge is 0.329 e. The van der Waals surface area contributed by atoms with Crippen LogP contribution in [0.1, 0.15) is 16.7 Å². The molecule has 156 valence electrons. The summed E-state index contributed by atoms with van der Waals surface area (Å²) in [6.45, 7) is 0. The number of benzene rings is 2. The van der Waals surface area contributed by atoms with Gasteiger partial charge in [-0.2, -0.15) is 13.2 Å². The number of nitrogens with zero attached hydrogens (tertiary/aromatic N) is 3. The van der Waals surface area contributed by atoms with E-state index in [1.807, 2.05) is 0 Å². The Bertz CT molecular complexity index is 1050. The summed E-state index contributed by atoms with van der Waals surface area (Å²) in [5.41, 5.74) is 0.359. The van der Waals surface area contributed by atoms with Crippen LogP contribution in [0.25, 0.3) is 0 Å². The van der Waals surface area contributed by atoms with Crippen LogP contribution in [0.2, 0.25) is 5.28 Å². The largest absolute Gasteiger partial charge is 0.416 e. The molecule has 0 unspecified atom stereocenters. The first kappa shape index (κ1) is 21.7. The first-order chi connectivity index (χ1) is 14.1. The lowest BCUT2D eigenvalue weighted by molar-refractivity contribution is -0.137. The molecule has 0 amide bonds. The summed E-state index contributed by atoms with van der Waals surface area (Å²) < 4.78 is 51.9. The molecule has 1 aromatic heterocycles. The average Bonchev–Trinajstić information content (AvgIpc) is 2.67. The molecule has 0 saturated carbocycles. The lowest BCUT2D eigenvalue weighted by atomic mass is 10.0. The quantitative estimate of drug-likeness (QED) is 0.382. The fraction of sp³-hybridized carbons (Fsp3) is 0.190. The molecule has 3 rings (SSSR count). The molecule has 0 fully saturated rings. The maximum Gasteiger partial charge on any atom is 0.416 e. The molecule has 30 heavy (non-hydrogen) atoms. The maximum atomic E-state index is 13.5. The van der Waals surface area contributed by atoms with Gasteiger partial charge in [-0.25, -0.2) is 14.4 Å². The van der Waals surface area contributed by atoms with Crippen molar-refractivity contribution < 1.29 is 22.4 Å². The van der Waals surface area contributed by atoms with Gasteiger partial charge in [0.15, 0.2) is 0 Å². The Morgan fingerprint density at radius 2 is 1.70 bits per heavy atom. The van der Waals surface area contributed by atoms with Crippen molar-refractivity contribution in [2.24, 2.45) is 0 Å². The zero-order valence-corrected chi connectivity index (χ0v) is 16.5. The third kappa shape index (κ3) is 5.54. The van der Waals surface area contributed by atoms with E-state index in [0.717, 1.165) is 17.8 Å². The van der Waals surface area contributed by atoms with Crippen molar-refractivity contribution in [1.82, 2.24) is 9.97 Å². The number of aromatic nitrogens is 2. The van der Waals surface area contributed by atoms with Crippen LogP contribution in [0.4, 0.5) is 29.1 Å². The van der Waals surface area contributed by atoms with Crippen LogP contribution in [-0.2, 0) is 23.8 Å². The molecule has 0 aliphatic heterocycles. The number of carbonyl (C=O) groups is 1. The zero-order valence-electron chi connectivity index (χ0n) is 15.8. The van der Waals surface area contributed by atoms with Crippen molar-refractivity contribution in [3.05, 3.63) is 82.5 Å². The molecule has 0 atom stereocenters. The van der Waals surface area contributed by atoms with Gasteiger partial charge in [-0.1, -0.05) is 12.1 Å². The van der Waals surface area contributed by atoms with Gasteiger partial charge >= 0.3 is 6.18 Å². The van der Waals surface area contributed by atoms with Crippen LogP contribution < -0.4 is 4.90 Å². The van der Waals surface area contributed by atoms with E-state index in [1.165, 1.54) is 6.20 Å². The number of halogens is 5. The first-order valence-electron chi connectivity index (χ1n) is 8.81. The highest BCUT2D eigenvalue weighted by molar-refractivity contribution is 6.28. The summed E-state index contributed by atoms with van der Waals surface area (Å²) in [6.07, 6.45) is -3.41. The number of ketones is 1. The van der Waals surface area contributed by atoms with Gasteiger partial charge in [0.05, 0.1) is 5.56 Å². The van der Waals surface area contributed by atoms with E-state index in [2.05, 4.69) is 9.97 Å². The van der Waals surface area contributed by atoms with E-state index in [4.69, 9.17) is 11.6 Å². The summed E-state index contributed by atoms with van der Waals surface area (Å²) in [4.78, 5) is 22.0. The van der Waals surface area contributed by atoms with E-state index in [-0.39, 0.29) is 29.5 Å². The molecule has 3 aromatic rings. The Hall–Kier alpha value is -3.00. The lowest BCUT2D eigenvalue weighted by Gasteiger charge is -2.18. The number of hydrogen-bond acceptors (Lipinski definition) is 4. The highest BCUT2D eigenvalue weighted by Gasteiger charge is 2.31. The van der Waals surface area contributed by atoms with Crippen molar-refractivity contribution in [2.45, 2.75) is 19.0 Å². The Balaban J connectivity index is 1.67.